The number of aliphatic hydroxyl groups is 1. The molecule has 2 aromatic carbocycles. The molecular weight excluding hydrogens is 258 g/mol. The molecule has 2 N–H and O–H groups in total. The fourth-order valence-corrected chi connectivity index (χ4v) is 2.30. The van der Waals surface area contributed by atoms with E-state index in [4.69, 9.17) is 11.6 Å². The summed E-state index contributed by atoms with van der Waals surface area (Å²) in [6.07, 6.45) is 0.778. The van der Waals surface area contributed by atoms with Gasteiger partial charge in [0.05, 0.1) is 12.1 Å². The Morgan fingerprint density at radius 3 is 2.21 bits per heavy atom. The average Bonchev–Trinajstić information content (AvgIpc) is 2.47. The fraction of sp³-hybridized carbons (Fsp3) is 0.250. The largest absolute Gasteiger partial charge is 0.394 e. The Kier molecular flexibility index (Phi) is 4.46. The van der Waals surface area contributed by atoms with Gasteiger partial charge in [-0.2, -0.15) is 0 Å². The van der Waals surface area contributed by atoms with Crippen molar-refractivity contribution in [1.82, 2.24) is 0 Å². The molecule has 0 saturated carbocycles. The summed E-state index contributed by atoms with van der Waals surface area (Å²) < 4.78 is 0. The van der Waals surface area contributed by atoms with E-state index in [9.17, 15) is 5.11 Å². The first-order valence-electron chi connectivity index (χ1n) is 6.40. The first-order chi connectivity index (χ1) is 9.20. The SMILES string of the molecule is CCC(CO)(Nc1ccccc1)c1ccc(Cl)cc1. The zero-order valence-electron chi connectivity index (χ0n) is 10.9. The second kappa shape index (κ2) is 6.09. The Hall–Kier alpha value is -1.51. The minimum atomic E-state index is -0.480. The highest BCUT2D eigenvalue weighted by molar-refractivity contribution is 6.30. The van der Waals surface area contributed by atoms with Gasteiger partial charge in [0.25, 0.3) is 0 Å². The van der Waals surface area contributed by atoms with E-state index in [-0.39, 0.29) is 6.61 Å². The van der Waals surface area contributed by atoms with Crippen LogP contribution >= 0.6 is 11.6 Å². The summed E-state index contributed by atoms with van der Waals surface area (Å²) in [5.41, 5.74) is 1.55. The Bertz CT molecular complexity index is 506. The van der Waals surface area contributed by atoms with Crippen molar-refractivity contribution in [3.8, 4) is 0 Å². The average molecular weight is 276 g/mol. The molecule has 0 spiro atoms. The molecule has 2 nitrogen and oxygen atoms in total. The number of hydrogen-bond donors (Lipinski definition) is 2. The summed E-state index contributed by atoms with van der Waals surface area (Å²) in [7, 11) is 0. The minimum absolute atomic E-state index is 0.0278. The van der Waals surface area contributed by atoms with Crippen LogP contribution < -0.4 is 5.32 Å². The highest BCUT2D eigenvalue weighted by atomic mass is 35.5. The topological polar surface area (TPSA) is 32.3 Å². The smallest absolute Gasteiger partial charge is 0.0854 e. The molecule has 0 radical (unpaired) electrons. The molecule has 0 aromatic heterocycles. The van der Waals surface area contributed by atoms with E-state index in [1.807, 2.05) is 54.6 Å². The third-order valence-electron chi connectivity index (χ3n) is 3.43. The van der Waals surface area contributed by atoms with E-state index in [1.54, 1.807) is 0 Å². The summed E-state index contributed by atoms with van der Waals surface area (Å²) in [5, 5.41) is 14.0. The molecule has 0 bridgehead atoms. The summed E-state index contributed by atoms with van der Waals surface area (Å²) in [5.74, 6) is 0. The quantitative estimate of drug-likeness (QED) is 0.863. The zero-order valence-corrected chi connectivity index (χ0v) is 11.7. The number of anilines is 1. The van der Waals surface area contributed by atoms with E-state index in [0.29, 0.717) is 5.02 Å². The fourth-order valence-electron chi connectivity index (χ4n) is 2.17. The van der Waals surface area contributed by atoms with Gasteiger partial charge >= 0.3 is 0 Å². The lowest BCUT2D eigenvalue weighted by Gasteiger charge is -2.33. The van der Waals surface area contributed by atoms with Gasteiger partial charge < -0.3 is 10.4 Å². The van der Waals surface area contributed by atoms with Crippen LogP contribution in [-0.4, -0.2) is 11.7 Å². The predicted molar refractivity (Wildman–Crippen MR) is 80.6 cm³/mol. The van der Waals surface area contributed by atoms with Gasteiger partial charge in [-0.15, -0.1) is 0 Å². The number of halogens is 1. The Labute approximate surface area is 119 Å². The molecule has 0 fully saturated rings. The Balaban J connectivity index is 2.34. The first-order valence-corrected chi connectivity index (χ1v) is 6.78. The van der Waals surface area contributed by atoms with Crippen LogP contribution in [0.4, 0.5) is 5.69 Å². The van der Waals surface area contributed by atoms with Crippen molar-refractivity contribution in [1.29, 1.82) is 0 Å². The number of nitrogens with one attached hydrogen (secondary N) is 1. The van der Waals surface area contributed by atoms with Gasteiger partial charge in [0, 0.05) is 10.7 Å². The lowest BCUT2D eigenvalue weighted by Crippen LogP contribution is -2.38. The summed E-state index contributed by atoms with van der Waals surface area (Å²) in [4.78, 5) is 0. The number of aliphatic hydroxyl groups excluding tert-OH is 1. The molecule has 0 aliphatic rings. The van der Waals surface area contributed by atoms with Crippen molar-refractivity contribution in [3.63, 3.8) is 0 Å². The lowest BCUT2D eigenvalue weighted by molar-refractivity contribution is 0.207. The van der Waals surface area contributed by atoms with Crippen molar-refractivity contribution < 1.29 is 5.11 Å². The maximum atomic E-state index is 9.87. The summed E-state index contributed by atoms with van der Waals surface area (Å²) in [6, 6.07) is 17.5. The van der Waals surface area contributed by atoms with Crippen LogP contribution in [0.1, 0.15) is 18.9 Å². The van der Waals surface area contributed by atoms with Crippen molar-refractivity contribution in [2.75, 3.05) is 11.9 Å². The molecule has 0 amide bonds. The number of benzene rings is 2. The molecule has 1 atom stereocenters. The van der Waals surface area contributed by atoms with Crippen LogP contribution in [0.25, 0.3) is 0 Å². The zero-order chi connectivity index (χ0) is 13.7. The van der Waals surface area contributed by atoms with Crippen LogP contribution in [0.3, 0.4) is 0 Å². The van der Waals surface area contributed by atoms with Gasteiger partial charge in [-0.1, -0.05) is 48.9 Å². The summed E-state index contributed by atoms with van der Waals surface area (Å²) >= 11 is 5.93. The van der Waals surface area contributed by atoms with Gasteiger partial charge in [0.1, 0.15) is 0 Å². The van der Waals surface area contributed by atoms with Crippen molar-refractivity contribution in [3.05, 3.63) is 65.2 Å². The lowest BCUT2D eigenvalue weighted by atomic mass is 9.87. The molecule has 1 unspecified atom stereocenters. The molecule has 100 valence electrons. The van der Waals surface area contributed by atoms with Crippen LogP contribution in [-0.2, 0) is 5.54 Å². The van der Waals surface area contributed by atoms with E-state index < -0.39 is 5.54 Å². The summed E-state index contributed by atoms with van der Waals surface area (Å²) in [6.45, 7) is 2.08. The van der Waals surface area contributed by atoms with Gasteiger partial charge in [0.15, 0.2) is 0 Å². The highest BCUT2D eigenvalue weighted by Crippen LogP contribution is 2.30. The van der Waals surface area contributed by atoms with Crippen LogP contribution in [0.5, 0.6) is 0 Å². The highest BCUT2D eigenvalue weighted by Gasteiger charge is 2.29. The Morgan fingerprint density at radius 2 is 1.68 bits per heavy atom. The van der Waals surface area contributed by atoms with Gasteiger partial charge in [-0.05, 0) is 36.2 Å². The van der Waals surface area contributed by atoms with Gasteiger partial charge in [-0.25, -0.2) is 0 Å². The van der Waals surface area contributed by atoms with Crippen molar-refractivity contribution >= 4 is 17.3 Å². The third-order valence-corrected chi connectivity index (χ3v) is 3.68. The molecule has 0 aliphatic heterocycles. The maximum absolute atomic E-state index is 9.87. The van der Waals surface area contributed by atoms with Gasteiger partial charge in [-0.3, -0.25) is 0 Å². The van der Waals surface area contributed by atoms with E-state index >= 15 is 0 Å². The second-order valence-electron chi connectivity index (χ2n) is 4.59. The van der Waals surface area contributed by atoms with Gasteiger partial charge in [0.2, 0.25) is 0 Å². The monoisotopic (exact) mass is 275 g/mol. The molecule has 3 heteroatoms. The second-order valence-corrected chi connectivity index (χ2v) is 5.03. The van der Waals surface area contributed by atoms with E-state index in [0.717, 1.165) is 17.7 Å². The van der Waals surface area contributed by atoms with E-state index in [1.165, 1.54) is 0 Å². The molecule has 19 heavy (non-hydrogen) atoms. The van der Waals surface area contributed by atoms with E-state index in [2.05, 4.69) is 12.2 Å². The molecule has 0 aliphatic carbocycles. The van der Waals surface area contributed by atoms with Crippen LogP contribution in [0, 0.1) is 0 Å². The predicted octanol–water partition coefficient (Wildman–Crippen LogP) is 4.05. The maximum Gasteiger partial charge on any atom is 0.0854 e. The first kappa shape index (κ1) is 13.9. The molecule has 0 heterocycles. The number of hydrogen-bond acceptors (Lipinski definition) is 2. The van der Waals surface area contributed by atoms with Crippen LogP contribution in [0.15, 0.2) is 54.6 Å². The number of para-hydroxylation sites is 1. The molecular formula is C16H18ClNO. The number of rotatable bonds is 5. The Morgan fingerprint density at radius 1 is 1.05 bits per heavy atom. The normalized spacial score (nSPS) is 13.8. The molecule has 0 saturated heterocycles. The van der Waals surface area contributed by atoms with Crippen molar-refractivity contribution in [2.24, 2.45) is 0 Å². The molecule has 2 aromatic rings. The van der Waals surface area contributed by atoms with Crippen molar-refractivity contribution in [2.45, 2.75) is 18.9 Å². The molecule has 2 rings (SSSR count). The van der Waals surface area contributed by atoms with Crippen LogP contribution in [0.2, 0.25) is 5.02 Å². The minimum Gasteiger partial charge on any atom is -0.394 e. The third kappa shape index (κ3) is 3.09. The standard InChI is InChI=1S/C16H18ClNO/c1-2-16(12-19,13-8-10-14(17)11-9-13)18-15-6-4-3-5-7-15/h3-11,18-19H,2,12H2,1H3.